The fourth-order valence-electron chi connectivity index (χ4n) is 3.39. The molecule has 1 saturated heterocycles. The molecule has 1 aromatic heterocycles. The molecule has 2 aromatic rings. The lowest BCUT2D eigenvalue weighted by Gasteiger charge is -2.30. The fraction of sp³-hybridized carbons (Fsp3) is 0.400. The van der Waals surface area contributed by atoms with Gasteiger partial charge in [-0.3, -0.25) is 4.90 Å². The number of rotatable bonds is 1. The van der Waals surface area contributed by atoms with Crippen molar-refractivity contribution in [1.29, 1.82) is 0 Å². The van der Waals surface area contributed by atoms with Gasteiger partial charge < -0.3 is 4.98 Å². The second-order valence-corrected chi connectivity index (χ2v) is 5.49. The SMILES string of the molecule is CN1C2C=C(c3ccc4nc[nH]c4c3)CC1CC2. The third kappa shape index (κ3) is 1.44. The van der Waals surface area contributed by atoms with Gasteiger partial charge in [0.25, 0.3) is 0 Å². The Morgan fingerprint density at radius 3 is 3.17 bits per heavy atom. The Kier molecular flexibility index (Phi) is 2.12. The molecule has 3 heteroatoms. The third-order valence-corrected chi connectivity index (χ3v) is 4.53. The number of H-pyrrole nitrogens is 1. The number of hydrogen-bond acceptors (Lipinski definition) is 2. The highest BCUT2D eigenvalue weighted by Gasteiger charge is 2.33. The van der Waals surface area contributed by atoms with Crippen LogP contribution in [-0.4, -0.2) is 34.0 Å². The largest absolute Gasteiger partial charge is 0.345 e. The lowest BCUT2D eigenvalue weighted by Crippen LogP contribution is -2.34. The molecule has 1 fully saturated rings. The van der Waals surface area contributed by atoms with Crippen LogP contribution in [0.15, 0.2) is 30.6 Å². The minimum atomic E-state index is 0.649. The van der Waals surface area contributed by atoms with Crippen molar-refractivity contribution in [2.45, 2.75) is 31.3 Å². The van der Waals surface area contributed by atoms with E-state index in [9.17, 15) is 0 Å². The van der Waals surface area contributed by atoms with Crippen molar-refractivity contribution in [2.75, 3.05) is 7.05 Å². The zero-order valence-corrected chi connectivity index (χ0v) is 10.6. The molecule has 2 bridgehead atoms. The Morgan fingerprint density at radius 2 is 2.28 bits per heavy atom. The molecule has 2 aliphatic rings. The van der Waals surface area contributed by atoms with E-state index in [4.69, 9.17) is 0 Å². The van der Waals surface area contributed by atoms with Crippen LogP contribution in [-0.2, 0) is 0 Å². The first kappa shape index (κ1) is 10.3. The van der Waals surface area contributed by atoms with Gasteiger partial charge in [0, 0.05) is 12.1 Å². The lowest BCUT2D eigenvalue weighted by molar-refractivity contribution is 0.264. The van der Waals surface area contributed by atoms with E-state index < -0.39 is 0 Å². The first-order chi connectivity index (χ1) is 8.81. The first-order valence-electron chi connectivity index (χ1n) is 6.67. The van der Waals surface area contributed by atoms with Crippen LogP contribution in [0.25, 0.3) is 16.6 Å². The van der Waals surface area contributed by atoms with Crippen molar-refractivity contribution in [1.82, 2.24) is 14.9 Å². The number of fused-ring (bicyclic) bond motifs is 3. The second-order valence-electron chi connectivity index (χ2n) is 5.49. The Balaban J connectivity index is 1.76. The van der Waals surface area contributed by atoms with Gasteiger partial charge in [-0.2, -0.15) is 0 Å². The summed E-state index contributed by atoms with van der Waals surface area (Å²) in [5.74, 6) is 0. The molecule has 2 atom stereocenters. The zero-order valence-electron chi connectivity index (χ0n) is 10.6. The Morgan fingerprint density at radius 1 is 1.33 bits per heavy atom. The third-order valence-electron chi connectivity index (χ3n) is 4.53. The number of nitrogens with zero attached hydrogens (tertiary/aromatic N) is 2. The molecule has 0 amide bonds. The van der Waals surface area contributed by atoms with Crippen molar-refractivity contribution < 1.29 is 0 Å². The monoisotopic (exact) mass is 239 g/mol. The highest BCUT2D eigenvalue weighted by atomic mass is 15.2. The van der Waals surface area contributed by atoms with Gasteiger partial charge in [0.2, 0.25) is 0 Å². The molecule has 0 saturated carbocycles. The van der Waals surface area contributed by atoms with E-state index in [1.807, 2.05) is 0 Å². The predicted octanol–water partition coefficient (Wildman–Crippen LogP) is 2.81. The van der Waals surface area contributed by atoms with Crippen molar-refractivity contribution in [3.63, 3.8) is 0 Å². The van der Waals surface area contributed by atoms with Gasteiger partial charge in [-0.15, -0.1) is 0 Å². The van der Waals surface area contributed by atoms with E-state index in [1.165, 1.54) is 30.4 Å². The van der Waals surface area contributed by atoms with Crippen LogP contribution in [0.1, 0.15) is 24.8 Å². The number of nitrogens with one attached hydrogen (secondary N) is 1. The van der Waals surface area contributed by atoms with E-state index in [0.29, 0.717) is 6.04 Å². The van der Waals surface area contributed by atoms with E-state index >= 15 is 0 Å². The Labute approximate surface area is 107 Å². The summed E-state index contributed by atoms with van der Waals surface area (Å²) in [6.45, 7) is 0. The lowest BCUT2D eigenvalue weighted by atomic mass is 9.95. The van der Waals surface area contributed by atoms with Crippen LogP contribution >= 0.6 is 0 Å². The Hall–Kier alpha value is -1.61. The quantitative estimate of drug-likeness (QED) is 0.829. The molecule has 2 unspecified atom stereocenters. The van der Waals surface area contributed by atoms with Gasteiger partial charge in [0.15, 0.2) is 0 Å². The van der Waals surface area contributed by atoms with Gasteiger partial charge in [-0.25, -0.2) is 4.98 Å². The molecule has 0 spiro atoms. The van der Waals surface area contributed by atoms with Crippen molar-refractivity contribution >= 4 is 16.6 Å². The smallest absolute Gasteiger partial charge is 0.0931 e. The number of aromatic nitrogens is 2. The van der Waals surface area contributed by atoms with E-state index in [0.717, 1.165) is 17.1 Å². The normalized spacial score (nSPS) is 27.7. The van der Waals surface area contributed by atoms with Gasteiger partial charge in [-0.05, 0) is 49.6 Å². The molecule has 0 radical (unpaired) electrons. The van der Waals surface area contributed by atoms with E-state index in [-0.39, 0.29) is 0 Å². The minimum Gasteiger partial charge on any atom is -0.345 e. The highest BCUT2D eigenvalue weighted by molar-refractivity contribution is 5.81. The van der Waals surface area contributed by atoms with Crippen LogP contribution in [0.5, 0.6) is 0 Å². The molecule has 1 aromatic carbocycles. The topological polar surface area (TPSA) is 31.9 Å². The summed E-state index contributed by atoms with van der Waals surface area (Å²) in [6.07, 6.45) is 8.07. The molecule has 4 rings (SSSR count). The molecule has 3 heterocycles. The molecule has 18 heavy (non-hydrogen) atoms. The number of imidazole rings is 1. The average molecular weight is 239 g/mol. The van der Waals surface area contributed by atoms with E-state index in [2.05, 4.69) is 46.2 Å². The van der Waals surface area contributed by atoms with E-state index in [1.54, 1.807) is 6.33 Å². The maximum atomic E-state index is 4.28. The molecule has 2 aliphatic heterocycles. The fourth-order valence-corrected chi connectivity index (χ4v) is 3.39. The van der Waals surface area contributed by atoms with Gasteiger partial charge in [-0.1, -0.05) is 12.1 Å². The van der Waals surface area contributed by atoms with Gasteiger partial charge in [0.1, 0.15) is 0 Å². The second kappa shape index (κ2) is 3.69. The number of benzene rings is 1. The van der Waals surface area contributed by atoms with Gasteiger partial charge in [0.05, 0.1) is 17.4 Å². The average Bonchev–Trinajstić information content (AvgIpc) is 2.90. The van der Waals surface area contributed by atoms with Crippen molar-refractivity contribution in [3.05, 3.63) is 36.2 Å². The predicted molar refractivity (Wildman–Crippen MR) is 73.3 cm³/mol. The van der Waals surface area contributed by atoms with Crippen LogP contribution in [0.2, 0.25) is 0 Å². The maximum Gasteiger partial charge on any atom is 0.0931 e. The summed E-state index contributed by atoms with van der Waals surface area (Å²) in [5, 5.41) is 0. The molecule has 3 nitrogen and oxygen atoms in total. The summed E-state index contributed by atoms with van der Waals surface area (Å²) in [6, 6.07) is 7.95. The standard InChI is InChI=1S/C15H17N3/c1-18-12-3-4-13(18)7-11(6-12)10-2-5-14-15(8-10)17-9-16-14/h2,5-6,8-9,12-13H,3-4,7H2,1H3,(H,16,17). The first-order valence-corrected chi connectivity index (χ1v) is 6.67. The van der Waals surface area contributed by atoms with Crippen molar-refractivity contribution in [3.8, 4) is 0 Å². The van der Waals surface area contributed by atoms with Crippen LogP contribution < -0.4 is 0 Å². The van der Waals surface area contributed by atoms with Crippen LogP contribution in [0.3, 0.4) is 0 Å². The Bertz CT molecular complexity index is 625. The van der Waals surface area contributed by atoms with Crippen LogP contribution in [0.4, 0.5) is 0 Å². The summed E-state index contributed by atoms with van der Waals surface area (Å²) in [5.41, 5.74) is 5.06. The summed E-state index contributed by atoms with van der Waals surface area (Å²) < 4.78 is 0. The number of hydrogen-bond donors (Lipinski definition) is 1. The van der Waals surface area contributed by atoms with Gasteiger partial charge >= 0.3 is 0 Å². The van der Waals surface area contributed by atoms with Crippen molar-refractivity contribution in [2.24, 2.45) is 0 Å². The maximum absolute atomic E-state index is 4.28. The zero-order chi connectivity index (χ0) is 12.1. The number of likely N-dealkylation sites (N-methyl/N-ethyl adjacent to an activating group) is 1. The highest BCUT2D eigenvalue weighted by Crippen LogP contribution is 2.37. The molecular weight excluding hydrogens is 222 g/mol. The summed E-state index contributed by atoms with van der Waals surface area (Å²) in [7, 11) is 2.26. The summed E-state index contributed by atoms with van der Waals surface area (Å²) in [4.78, 5) is 10.00. The molecular formula is C15H17N3. The summed E-state index contributed by atoms with van der Waals surface area (Å²) >= 11 is 0. The molecule has 0 aliphatic carbocycles. The number of aromatic amines is 1. The minimum absolute atomic E-state index is 0.649. The molecule has 92 valence electrons. The molecule has 1 N–H and O–H groups in total. The van der Waals surface area contributed by atoms with Crippen LogP contribution in [0, 0.1) is 0 Å².